The van der Waals surface area contributed by atoms with Gasteiger partial charge in [-0.2, -0.15) is 4.98 Å². The molecule has 10 nitrogen and oxygen atoms in total. The molecular weight excluding hydrogens is 667 g/mol. The van der Waals surface area contributed by atoms with Crippen LogP contribution in [0.4, 0.5) is 0 Å². The zero-order valence-corrected chi connectivity index (χ0v) is 28.9. The van der Waals surface area contributed by atoms with Crippen molar-refractivity contribution in [1.29, 1.82) is 0 Å². The molecule has 0 amide bonds. The second-order valence-electron chi connectivity index (χ2n) is 12.9. The molecule has 1 aliphatic carbocycles. The fourth-order valence-electron chi connectivity index (χ4n) is 7.18. The number of pyridine rings is 2. The van der Waals surface area contributed by atoms with Crippen molar-refractivity contribution in [3.8, 4) is 40.0 Å². The normalized spacial score (nSPS) is 19.4. The van der Waals surface area contributed by atoms with Crippen LogP contribution in [0.5, 0.6) is 17.6 Å². The Morgan fingerprint density at radius 2 is 1.57 bits per heavy atom. The van der Waals surface area contributed by atoms with Crippen molar-refractivity contribution in [1.82, 2.24) is 19.8 Å². The highest BCUT2D eigenvalue weighted by atomic mass is 35.5. The zero-order chi connectivity index (χ0) is 34.2. The third-order valence-electron chi connectivity index (χ3n) is 9.69. The molecule has 49 heavy (non-hydrogen) atoms. The van der Waals surface area contributed by atoms with E-state index in [9.17, 15) is 15.0 Å². The highest BCUT2D eigenvalue weighted by Crippen LogP contribution is 2.45. The van der Waals surface area contributed by atoms with E-state index in [1.165, 1.54) is 0 Å². The molecule has 0 spiro atoms. The van der Waals surface area contributed by atoms with Crippen molar-refractivity contribution < 1.29 is 29.2 Å². The Bertz CT molecular complexity index is 1880. The summed E-state index contributed by atoms with van der Waals surface area (Å²) in [5, 5.41) is 20.0. The Morgan fingerprint density at radius 3 is 2.31 bits per heavy atom. The van der Waals surface area contributed by atoms with E-state index in [0.29, 0.717) is 73.4 Å². The number of aliphatic carboxylic acids is 1. The summed E-state index contributed by atoms with van der Waals surface area (Å²) in [6.07, 6.45) is 1.61. The maximum Gasteiger partial charge on any atom is 0.307 e. The Hall–Kier alpha value is -3.93. The fraction of sp³-hybridized carbons (Fsp3) is 0.378. The van der Waals surface area contributed by atoms with Crippen molar-refractivity contribution in [2.45, 2.75) is 44.6 Å². The highest BCUT2D eigenvalue weighted by molar-refractivity contribution is 6.36. The lowest BCUT2D eigenvalue weighted by atomic mass is 9.94. The molecule has 2 aromatic heterocycles. The second-order valence-corrected chi connectivity index (χ2v) is 13.7. The Labute approximate surface area is 295 Å². The number of carboxylic acids is 1. The summed E-state index contributed by atoms with van der Waals surface area (Å²) in [4.78, 5) is 25.1. The zero-order valence-electron chi connectivity index (χ0n) is 27.4. The van der Waals surface area contributed by atoms with Crippen LogP contribution in [0.1, 0.15) is 41.2 Å². The standard InChI is InChI=1S/C37H38Cl2N4O6/c1-47-34-21(16-43-19-24(44)20-43)9-11-31(40-34)29-8-4-7-28(33(29)39)25-5-3-6-27-26(25)10-12-32(27)49-36-30(38)15-23(35(41-36)48-2)18-42-14-13-22(17-42)37(45)46/h3-9,11,15,22,24,32,44H,10,12-14,16-20H2,1-2H3,(H,45,46)/t22-,32-/m0/s1. The maximum absolute atomic E-state index is 11.4. The number of aliphatic hydroxyl groups is 1. The van der Waals surface area contributed by atoms with Gasteiger partial charge in [0.1, 0.15) is 11.1 Å². The molecule has 0 unspecified atom stereocenters. The van der Waals surface area contributed by atoms with Crippen molar-refractivity contribution in [2.75, 3.05) is 40.4 Å². The van der Waals surface area contributed by atoms with Gasteiger partial charge < -0.3 is 24.4 Å². The number of halogens is 2. The maximum atomic E-state index is 11.4. The largest absolute Gasteiger partial charge is 0.481 e. The number of aliphatic hydroxyl groups excluding tert-OH is 1. The minimum Gasteiger partial charge on any atom is -0.481 e. The molecule has 2 aromatic carbocycles. The smallest absolute Gasteiger partial charge is 0.307 e. The first kappa shape index (κ1) is 33.6. The van der Waals surface area contributed by atoms with E-state index in [-0.39, 0.29) is 18.1 Å². The highest BCUT2D eigenvalue weighted by Gasteiger charge is 2.31. The van der Waals surface area contributed by atoms with Crippen LogP contribution in [0.3, 0.4) is 0 Å². The SMILES string of the molecule is COc1nc(-c2cccc(-c3cccc4c3CC[C@@H]4Oc3nc(OC)c(CN4CC[C@H](C(=O)O)C4)cc3Cl)c2Cl)ccc1CN1CC(O)C1. The minimum absolute atomic E-state index is 0.265. The van der Waals surface area contributed by atoms with Crippen molar-refractivity contribution in [3.05, 3.63) is 86.9 Å². The van der Waals surface area contributed by atoms with E-state index in [4.69, 9.17) is 42.4 Å². The minimum atomic E-state index is -0.770. The molecule has 4 aromatic rings. The number of benzene rings is 2. The molecular formula is C37H38Cl2N4O6. The van der Waals surface area contributed by atoms with Crippen molar-refractivity contribution >= 4 is 29.2 Å². The number of carboxylic acid groups (broad SMARTS) is 1. The summed E-state index contributed by atoms with van der Waals surface area (Å²) in [7, 11) is 3.17. The Balaban J connectivity index is 1.12. The molecule has 0 bridgehead atoms. The summed E-state index contributed by atoms with van der Waals surface area (Å²) < 4.78 is 17.7. The van der Waals surface area contributed by atoms with E-state index in [2.05, 4.69) is 26.9 Å². The topological polar surface area (TPSA) is 117 Å². The van der Waals surface area contributed by atoms with Gasteiger partial charge >= 0.3 is 5.97 Å². The van der Waals surface area contributed by atoms with E-state index in [0.717, 1.165) is 57.5 Å². The Kier molecular flexibility index (Phi) is 9.68. The molecule has 0 saturated carbocycles. The lowest BCUT2D eigenvalue weighted by molar-refractivity contribution is -0.141. The summed E-state index contributed by atoms with van der Waals surface area (Å²) in [5.74, 6) is 0.106. The molecule has 2 N–H and O–H groups in total. The number of β-amino-alcohol motifs (C(OH)–C–C–N with tert-alkyl or cyclic N) is 1. The summed E-state index contributed by atoms with van der Waals surface area (Å²) in [6.45, 7) is 3.61. The number of nitrogens with zero attached hydrogens (tertiary/aromatic N) is 4. The van der Waals surface area contributed by atoms with Crippen molar-refractivity contribution in [2.24, 2.45) is 5.92 Å². The number of carbonyl (C=O) groups is 1. The second kappa shape index (κ2) is 14.1. The van der Waals surface area contributed by atoms with Crippen LogP contribution in [0.25, 0.3) is 22.4 Å². The molecule has 2 fully saturated rings. The van der Waals surface area contributed by atoms with E-state index in [1.807, 2.05) is 36.4 Å². The van der Waals surface area contributed by atoms with Gasteiger partial charge in [0.2, 0.25) is 17.6 Å². The van der Waals surface area contributed by atoms with Crippen LogP contribution in [0.15, 0.2) is 54.6 Å². The Morgan fingerprint density at radius 1 is 0.857 bits per heavy atom. The summed E-state index contributed by atoms with van der Waals surface area (Å²) in [5.41, 5.74) is 7.42. The summed E-state index contributed by atoms with van der Waals surface area (Å²) in [6, 6.07) is 17.9. The first-order chi connectivity index (χ1) is 23.7. The number of ether oxygens (including phenoxy) is 3. The third-order valence-corrected chi connectivity index (χ3v) is 10.4. The molecule has 3 aliphatic rings. The lowest BCUT2D eigenvalue weighted by Crippen LogP contribution is -2.49. The quantitative estimate of drug-likeness (QED) is 0.185. The predicted octanol–water partition coefficient (Wildman–Crippen LogP) is 6.28. The van der Waals surface area contributed by atoms with Gasteiger partial charge in [-0.1, -0.05) is 65.7 Å². The van der Waals surface area contributed by atoms with Gasteiger partial charge in [0.15, 0.2) is 0 Å². The first-order valence-electron chi connectivity index (χ1n) is 16.4. The van der Waals surface area contributed by atoms with Gasteiger partial charge in [0.05, 0.1) is 37.0 Å². The van der Waals surface area contributed by atoms with Gasteiger partial charge in [0, 0.05) is 55.0 Å². The molecule has 7 rings (SSSR count). The van der Waals surface area contributed by atoms with Gasteiger partial charge in [-0.15, -0.1) is 0 Å². The van der Waals surface area contributed by atoms with E-state index >= 15 is 0 Å². The van der Waals surface area contributed by atoms with Crippen LogP contribution < -0.4 is 14.2 Å². The number of hydrogen-bond donors (Lipinski definition) is 2. The molecule has 0 radical (unpaired) electrons. The average molecular weight is 706 g/mol. The van der Waals surface area contributed by atoms with Gasteiger partial charge in [-0.3, -0.25) is 14.6 Å². The third kappa shape index (κ3) is 6.80. The van der Waals surface area contributed by atoms with E-state index < -0.39 is 5.97 Å². The van der Waals surface area contributed by atoms with E-state index in [1.54, 1.807) is 20.3 Å². The molecule has 256 valence electrons. The molecule has 2 atom stereocenters. The summed E-state index contributed by atoms with van der Waals surface area (Å²) >= 11 is 13.9. The molecule has 4 heterocycles. The van der Waals surface area contributed by atoms with Gasteiger partial charge in [0.25, 0.3) is 0 Å². The average Bonchev–Trinajstić information content (AvgIpc) is 3.73. The van der Waals surface area contributed by atoms with Crippen LogP contribution in [-0.4, -0.2) is 82.5 Å². The van der Waals surface area contributed by atoms with Crippen molar-refractivity contribution in [3.63, 3.8) is 0 Å². The number of methoxy groups -OCH3 is 2. The fourth-order valence-corrected chi connectivity index (χ4v) is 7.72. The molecule has 12 heteroatoms. The van der Waals surface area contributed by atoms with Gasteiger partial charge in [-0.05, 0) is 54.6 Å². The van der Waals surface area contributed by atoms with Crippen LogP contribution in [0, 0.1) is 5.92 Å². The lowest BCUT2D eigenvalue weighted by Gasteiger charge is -2.35. The van der Waals surface area contributed by atoms with Gasteiger partial charge in [-0.25, -0.2) is 4.98 Å². The molecule has 2 aliphatic heterocycles. The number of hydrogen-bond acceptors (Lipinski definition) is 9. The van der Waals surface area contributed by atoms with Crippen LogP contribution >= 0.6 is 23.2 Å². The predicted molar refractivity (Wildman–Crippen MR) is 186 cm³/mol. The van der Waals surface area contributed by atoms with Crippen LogP contribution in [-0.2, 0) is 24.3 Å². The molecule has 2 saturated heterocycles. The number of rotatable bonds is 11. The number of aromatic nitrogens is 2. The van der Waals surface area contributed by atoms with Crippen LogP contribution in [0.2, 0.25) is 10.0 Å². The number of likely N-dealkylation sites (tertiary alicyclic amines) is 2. The first-order valence-corrected chi connectivity index (χ1v) is 17.2. The monoisotopic (exact) mass is 704 g/mol. The number of fused-ring (bicyclic) bond motifs is 1.